The lowest BCUT2D eigenvalue weighted by molar-refractivity contribution is 0.443. The van der Waals surface area contributed by atoms with Crippen molar-refractivity contribution in [1.82, 2.24) is 14.3 Å². The van der Waals surface area contributed by atoms with Gasteiger partial charge in [0.15, 0.2) is 0 Å². The van der Waals surface area contributed by atoms with Crippen molar-refractivity contribution in [3.05, 3.63) is 0 Å². The average Bonchev–Trinajstić information content (AvgIpc) is 2.27. The van der Waals surface area contributed by atoms with Gasteiger partial charge in [-0.05, 0) is 37.9 Å². The number of thioether (sulfide) groups is 1. The number of rotatable bonds is 10. The van der Waals surface area contributed by atoms with Crippen molar-refractivity contribution in [2.45, 2.75) is 13.3 Å². The van der Waals surface area contributed by atoms with Gasteiger partial charge in [0, 0.05) is 20.1 Å². The Bertz CT molecular complexity index is 283. The molecular formula is C10H25N3O2S2. The van der Waals surface area contributed by atoms with Crippen LogP contribution in [0, 0.1) is 5.92 Å². The molecule has 104 valence electrons. The first kappa shape index (κ1) is 17.2. The minimum absolute atomic E-state index is 0.352. The third-order valence-electron chi connectivity index (χ3n) is 2.38. The molecule has 17 heavy (non-hydrogen) atoms. The SMILES string of the molecule is CNCCCN(C)S(=O)(=O)NCC(C)CSC. The molecule has 1 unspecified atom stereocenters. The molecule has 0 radical (unpaired) electrons. The highest BCUT2D eigenvalue weighted by atomic mass is 32.2. The Balaban J connectivity index is 4.00. The van der Waals surface area contributed by atoms with Crippen LogP contribution in [0.25, 0.3) is 0 Å². The first-order valence-electron chi connectivity index (χ1n) is 5.78. The van der Waals surface area contributed by atoms with Crippen molar-refractivity contribution >= 4 is 22.0 Å². The summed E-state index contributed by atoms with van der Waals surface area (Å²) in [5, 5.41) is 3.00. The maximum atomic E-state index is 11.8. The fourth-order valence-electron chi connectivity index (χ4n) is 1.30. The van der Waals surface area contributed by atoms with Gasteiger partial charge in [0.05, 0.1) is 0 Å². The zero-order chi connectivity index (χ0) is 13.3. The Morgan fingerprint density at radius 1 is 1.41 bits per heavy atom. The molecule has 0 aliphatic rings. The summed E-state index contributed by atoms with van der Waals surface area (Å²) in [5.74, 6) is 1.32. The van der Waals surface area contributed by atoms with Crippen LogP contribution in [0.2, 0.25) is 0 Å². The van der Waals surface area contributed by atoms with E-state index in [1.165, 1.54) is 4.31 Å². The molecule has 0 aromatic carbocycles. The number of nitrogens with one attached hydrogen (secondary N) is 2. The number of hydrogen-bond donors (Lipinski definition) is 2. The second-order valence-electron chi connectivity index (χ2n) is 4.19. The molecule has 0 saturated heterocycles. The molecule has 0 heterocycles. The van der Waals surface area contributed by atoms with Crippen LogP contribution in [0.15, 0.2) is 0 Å². The lowest BCUT2D eigenvalue weighted by Gasteiger charge is -2.19. The Hall–Kier alpha value is 0.180. The van der Waals surface area contributed by atoms with Crippen molar-refractivity contribution in [2.24, 2.45) is 5.92 Å². The van der Waals surface area contributed by atoms with Crippen molar-refractivity contribution in [1.29, 1.82) is 0 Å². The summed E-state index contributed by atoms with van der Waals surface area (Å²) < 4.78 is 27.6. The predicted molar refractivity (Wildman–Crippen MR) is 75.6 cm³/mol. The number of nitrogens with zero attached hydrogens (tertiary/aromatic N) is 1. The molecule has 0 saturated carbocycles. The lowest BCUT2D eigenvalue weighted by atomic mass is 10.2. The zero-order valence-electron chi connectivity index (χ0n) is 11.2. The van der Waals surface area contributed by atoms with Gasteiger partial charge < -0.3 is 5.32 Å². The molecule has 0 spiro atoms. The Labute approximate surface area is 110 Å². The van der Waals surface area contributed by atoms with Gasteiger partial charge in [-0.2, -0.15) is 24.5 Å². The van der Waals surface area contributed by atoms with E-state index in [0.29, 0.717) is 19.0 Å². The van der Waals surface area contributed by atoms with Gasteiger partial charge in [-0.1, -0.05) is 6.92 Å². The maximum Gasteiger partial charge on any atom is 0.279 e. The van der Waals surface area contributed by atoms with E-state index < -0.39 is 10.2 Å². The van der Waals surface area contributed by atoms with E-state index >= 15 is 0 Å². The highest BCUT2D eigenvalue weighted by Crippen LogP contribution is 2.04. The van der Waals surface area contributed by atoms with Gasteiger partial charge >= 0.3 is 0 Å². The van der Waals surface area contributed by atoms with Gasteiger partial charge in [0.25, 0.3) is 10.2 Å². The highest BCUT2D eigenvalue weighted by Gasteiger charge is 2.17. The summed E-state index contributed by atoms with van der Waals surface area (Å²) in [6.45, 7) is 3.90. The van der Waals surface area contributed by atoms with Crippen LogP contribution in [-0.2, 0) is 10.2 Å². The molecule has 0 aromatic heterocycles. The van der Waals surface area contributed by atoms with Crippen LogP contribution in [0.4, 0.5) is 0 Å². The molecule has 0 aliphatic carbocycles. The third kappa shape index (κ3) is 7.99. The molecule has 0 bridgehead atoms. The smallest absolute Gasteiger partial charge is 0.279 e. The monoisotopic (exact) mass is 283 g/mol. The first-order valence-corrected chi connectivity index (χ1v) is 8.62. The Kier molecular flexibility index (Phi) is 9.25. The van der Waals surface area contributed by atoms with Gasteiger partial charge in [-0.3, -0.25) is 0 Å². The second kappa shape index (κ2) is 9.16. The minimum atomic E-state index is -3.31. The van der Waals surface area contributed by atoms with E-state index in [1.54, 1.807) is 18.8 Å². The summed E-state index contributed by atoms with van der Waals surface area (Å²) in [6, 6.07) is 0. The fourth-order valence-corrected chi connectivity index (χ4v) is 3.07. The van der Waals surface area contributed by atoms with E-state index in [2.05, 4.69) is 10.0 Å². The average molecular weight is 283 g/mol. The van der Waals surface area contributed by atoms with Crippen LogP contribution < -0.4 is 10.0 Å². The third-order valence-corrected chi connectivity index (χ3v) is 4.81. The molecule has 0 amide bonds. The minimum Gasteiger partial charge on any atom is -0.320 e. The highest BCUT2D eigenvalue weighted by molar-refractivity contribution is 7.98. The normalized spacial score (nSPS) is 14.2. The first-order chi connectivity index (χ1) is 7.94. The Morgan fingerprint density at radius 3 is 2.59 bits per heavy atom. The van der Waals surface area contributed by atoms with E-state index in [4.69, 9.17) is 0 Å². The molecule has 2 N–H and O–H groups in total. The quantitative estimate of drug-likeness (QED) is 0.568. The van der Waals surface area contributed by atoms with E-state index in [-0.39, 0.29) is 0 Å². The van der Waals surface area contributed by atoms with Crippen LogP contribution in [0.5, 0.6) is 0 Å². The standard InChI is InChI=1S/C10H25N3O2S2/c1-10(9-16-4)8-12-17(14,15)13(3)7-5-6-11-2/h10-12H,5-9H2,1-4H3. The van der Waals surface area contributed by atoms with Crippen molar-refractivity contribution in [3.63, 3.8) is 0 Å². The summed E-state index contributed by atoms with van der Waals surface area (Å²) >= 11 is 1.73. The molecule has 0 fully saturated rings. The lowest BCUT2D eigenvalue weighted by Crippen LogP contribution is -2.41. The maximum absolute atomic E-state index is 11.8. The molecular weight excluding hydrogens is 258 g/mol. The molecule has 1 atom stereocenters. The molecule has 0 rings (SSSR count). The van der Waals surface area contributed by atoms with E-state index in [1.807, 2.05) is 20.2 Å². The van der Waals surface area contributed by atoms with Crippen molar-refractivity contribution < 1.29 is 8.42 Å². The molecule has 5 nitrogen and oxygen atoms in total. The van der Waals surface area contributed by atoms with Crippen LogP contribution in [0.1, 0.15) is 13.3 Å². The van der Waals surface area contributed by atoms with Gasteiger partial charge in [0.2, 0.25) is 0 Å². The number of hydrogen-bond acceptors (Lipinski definition) is 4. The van der Waals surface area contributed by atoms with Crippen LogP contribution in [0.3, 0.4) is 0 Å². The van der Waals surface area contributed by atoms with E-state index in [0.717, 1.165) is 18.7 Å². The molecule has 0 aliphatic heterocycles. The molecule has 0 aromatic rings. The summed E-state index contributed by atoms with van der Waals surface area (Å²) in [7, 11) is 0.159. The van der Waals surface area contributed by atoms with Crippen molar-refractivity contribution in [2.75, 3.05) is 45.7 Å². The summed E-state index contributed by atoms with van der Waals surface area (Å²) in [4.78, 5) is 0. The summed E-state index contributed by atoms with van der Waals surface area (Å²) in [6.07, 6.45) is 2.84. The van der Waals surface area contributed by atoms with E-state index in [9.17, 15) is 8.42 Å². The van der Waals surface area contributed by atoms with Crippen LogP contribution >= 0.6 is 11.8 Å². The predicted octanol–water partition coefficient (Wildman–Crippen LogP) is 0.361. The summed E-state index contributed by atoms with van der Waals surface area (Å²) in [5.41, 5.74) is 0. The second-order valence-corrected chi connectivity index (χ2v) is 6.97. The van der Waals surface area contributed by atoms with Gasteiger partial charge in [-0.25, -0.2) is 4.72 Å². The fraction of sp³-hybridized carbons (Fsp3) is 1.00. The topological polar surface area (TPSA) is 61.4 Å². The Morgan fingerprint density at radius 2 is 2.06 bits per heavy atom. The van der Waals surface area contributed by atoms with Crippen molar-refractivity contribution in [3.8, 4) is 0 Å². The van der Waals surface area contributed by atoms with Gasteiger partial charge in [0.1, 0.15) is 0 Å². The van der Waals surface area contributed by atoms with Gasteiger partial charge in [-0.15, -0.1) is 0 Å². The zero-order valence-corrected chi connectivity index (χ0v) is 12.8. The van der Waals surface area contributed by atoms with Crippen LogP contribution in [-0.4, -0.2) is 58.5 Å². The largest absolute Gasteiger partial charge is 0.320 e. The molecule has 7 heteroatoms.